The van der Waals surface area contributed by atoms with Crippen LogP contribution < -0.4 is 5.32 Å². The summed E-state index contributed by atoms with van der Waals surface area (Å²) < 4.78 is 1.74. The number of amides is 1. The second-order valence-electron chi connectivity index (χ2n) is 5.06. The van der Waals surface area contributed by atoms with E-state index in [1.54, 1.807) is 16.8 Å². The molecule has 0 aliphatic rings. The van der Waals surface area contributed by atoms with Crippen molar-refractivity contribution < 1.29 is 4.79 Å². The monoisotopic (exact) mass is 301 g/mol. The average Bonchev–Trinajstić information content (AvgIpc) is 3.05. The Kier molecular flexibility index (Phi) is 4.21. The minimum absolute atomic E-state index is 0.265. The lowest BCUT2D eigenvalue weighted by Crippen LogP contribution is -2.25. The van der Waals surface area contributed by atoms with Crippen molar-refractivity contribution in [1.82, 2.24) is 9.88 Å². The van der Waals surface area contributed by atoms with Gasteiger partial charge >= 0.3 is 0 Å². The minimum atomic E-state index is -0.265. The molecule has 1 aromatic heterocycles. The first kappa shape index (κ1) is 14.6. The molecule has 0 aliphatic heterocycles. The Hall–Kier alpha value is -3.32. The molecule has 1 amide bonds. The van der Waals surface area contributed by atoms with Crippen LogP contribution in [0.25, 0.3) is 5.69 Å². The Morgan fingerprint density at radius 1 is 1.00 bits per heavy atom. The highest BCUT2D eigenvalue weighted by molar-refractivity contribution is 5.95. The molecule has 1 heterocycles. The van der Waals surface area contributed by atoms with Crippen molar-refractivity contribution in [2.45, 2.75) is 6.54 Å². The summed E-state index contributed by atoms with van der Waals surface area (Å²) in [6, 6.07) is 22.9. The van der Waals surface area contributed by atoms with E-state index in [4.69, 9.17) is 0 Å². The van der Waals surface area contributed by atoms with E-state index < -0.39 is 0 Å². The maximum absolute atomic E-state index is 12.6. The number of aromatic nitrogens is 1. The molecule has 0 saturated carbocycles. The Balaban J connectivity index is 1.88. The number of hydrogen-bond acceptors (Lipinski definition) is 2. The molecular formula is C19H15N3O. The molecule has 0 saturated heterocycles. The molecule has 3 rings (SSSR count). The summed E-state index contributed by atoms with van der Waals surface area (Å²) in [6.45, 7) is 0.421. The lowest BCUT2D eigenvalue weighted by molar-refractivity contribution is 0.0944. The predicted molar refractivity (Wildman–Crippen MR) is 88.1 cm³/mol. The largest absolute Gasteiger partial charge is 0.347 e. The van der Waals surface area contributed by atoms with Crippen molar-refractivity contribution in [1.29, 1.82) is 5.26 Å². The zero-order chi connectivity index (χ0) is 16.1. The van der Waals surface area contributed by atoms with Crippen LogP contribution in [0.4, 0.5) is 0 Å². The topological polar surface area (TPSA) is 57.8 Å². The van der Waals surface area contributed by atoms with Crippen LogP contribution in [0.3, 0.4) is 0 Å². The molecule has 23 heavy (non-hydrogen) atoms. The molecule has 0 unspecified atom stereocenters. The molecule has 2 aromatic carbocycles. The van der Waals surface area contributed by atoms with Gasteiger partial charge < -0.3 is 9.88 Å². The van der Waals surface area contributed by atoms with Gasteiger partial charge in [-0.05, 0) is 23.8 Å². The number of carbonyl (C=O) groups is 1. The molecule has 0 aliphatic carbocycles. The summed E-state index contributed by atoms with van der Waals surface area (Å²) in [7, 11) is 0. The van der Waals surface area contributed by atoms with Gasteiger partial charge in [0.2, 0.25) is 0 Å². The fourth-order valence-electron chi connectivity index (χ4n) is 2.42. The summed E-state index contributed by atoms with van der Waals surface area (Å²) in [5.74, 6) is -0.265. The summed E-state index contributed by atoms with van der Waals surface area (Å²) >= 11 is 0. The Bertz CT molecular complexity index is 845. The number of nitrogens with zero attached hydrogens (tertiary/aromatic N) is 2. The highest BCUT2D eigenvalue weighted by Crippen LogP contribution is 2.17. The summed E-state index contributed by atoms with van der Waals surface area (Å²) in [6.07, 6.45) is 1.74. The summed E-state index contributed by atoms with van der Waals surface area (Å²) in [5, 5.41) is 12.1. The molecule has 0 bridgehead atoms. The number of nitriles is 1. The lowest BCUT2D eigenvalue weighted by Gasteiger charge is -2.10. The van der Waals surface area contributed by atoms with Gasteiger partial charge in [-0.1, -0.05) is 48.5 Å². The SMILES string of the molecule is N#Cc1ccn(-c2ccccc2)c1C(=O)NCc1ccccc1. The van der Waals surface area contributed by atoms with Gasteiger partial charge in [-0.2, -0.15) is 5.26 Å². The van der Waals surface area contributed by atoms with Gasteiger partial charge in [0.25, 0.3) is 5.91 Å². The third-order valence-electron chi connectivity index (χ3n) is 3.55. The smallest absolute Gasteiger partial charge is 0.269 e. The standard InChI is InChI=1S/C19H15N3O/c20-13-16-11-12-22(17-9-5-2-6-10-17)18(16)19(23)21-14-15-7-3-1-4-8-15/h1-12H,14H2,(H,21,23). The van der Waals surface area contributed by atoms with Crippen molar-refractivity contribution in [2.24, 2.45) is 0 Å². The van der Waals surface area contributed by atoms with Crippen molar-refractivity contribution in [3.63, 3.8) is 0 Å². The number of para-hydroxylation sites is 1. The van der Waals surface area contributed by atoms with Gasteiger partial charge in [0.15, 0.2) is 0 Å². The van der Waals surface area contributed by atoms with Gasteiger partial charge in [-0.3, -0.25) is 4.79 Å². The highest BCUT2D eigenvalue weighted by atomic mass is 16.1. The average molecular weight is 301 g/mol. The maximum atomic E-state index is 12.6. The van der Waals surface area contributed by atoms with Gasteiger partial charge in [-0.15, -0.1) is 0 Å². The van der Waals surface area contributed by atoms with Crippen LogP contribution in [0.15, 0.2) is 72.9 Å². The fourth-order valence-corrected chi connectivity index (χ4v) is 2.42. The van der Waals surface area contributed by atoms with Crippen LogP contribution >= 0.6 is 0 Å². The highest BCUT2D eigenvalue weighted by Gasteiger charge is 2.17. The van der Waals surface area contributed by atoms with E-state index in [0.717, 1.165) is 11.3 Å². The summed E-state index contributed by atoms with van der Waals surface area (Å²) in [5.41, 5.74) is 2.57. The van der Waals surface area contributed by atoms with Crippen LogP contribution in [0.2, 0.25) is 0 Å². The first-order valence-electron chi connectivity index (χ1n) is 7.28. The van der Waals surface area contributed by atoms with Crippen LogP contribution in [-0.4, -0.2) is 10.5 Å². The van der Waals surface area contributed by atoms with Gasteiger partial charge in [-0.25, -0.2) is 0 Å². The van der Waals surface area contributed by atoms with E-state index in [9.17, 15) is 10.1 Å². The van der Waals surface area contributed by atoms with Crippen LogP contribution in [-0.2, 0) is 6.54 Å². The quantitative estimate of drug-likeness (QED) is 0.804. The van der Waals surface area contributed by atoms with Gasteiger partial charge in [0.05, 0.1) is 5.56 Å². The number of rotatable bonds is 4. The van der Waals surface area contributed by atoms with Crippen molar-refractivity contribution in [3.05, 3.63) is 89.7 Å². The second kappa shape index (κ2) is 6.63. The van der Waals surface area contributed by atoms with E-state index in [0.29, 0.717) is 17.8 Å². The number of benzene rings is 2. The molecule has 1 N–H and O–H groups in total. The Morgan fingerprint density at radius 2 is 1.65 bits per heavy atom. The van der Waals surface area contributed by atoms with E-state index in [2.05, 4.69) is 11.4 Å². The molecule has 112 valence electrons. The molecule has 0 atom stereocenters. The molecule has 4 nitrogen and oxygen atoms in total. The van der Waals surface area contributed by atoms with Crippen LogP contribution in [0.1, 0.15) is 21.6 Å². The van der Waals surface area contributed by atoms with E-state index in [1.165, 1.54) is 0 Å². The number of carbonyl (C=O) groups excluding carboxylic acids is 1. The Labute approximate surface area is 134 Å². The third kappa shape index (κ3) is 3.14. The van der Waals surface area contributed by atoms with E-state index in [1.807, 2.05) is 60.7 Å². The molecule has 0 radical (unpaired) electrons. The number of hydrogen-bond donors (Lipinski definition) is 1. The zero-order valence-corrected chi connectivity index (χ0v) is 12.4. The molecule has 3 aromatic rings. The van der Waals surface area contributed by atoms with Crippen molar-refractivity contribution >= 4 is 5.91 Å². The predicted octanol–water partition coefficient (Wildman–Crippen LogP) is 3.28. The Morgan fingerprint density at radius 3 is 2.30 bits per heavy atom. The molecule has 0 fully saturated rings. The first-order chi connectivity index (χ1) is 11.3. The maximum Gasteiger partial charge on any atom is 0.269 e. The fraction of sp³-hybridized carbons (Fsp3) is 0.0526. The molecule has 0 spiro atoms. The van der Waals surface area contributed by atoms with Crippen LogP contribution in [0, 0.1) is 11.3 Å². The number of nitrogens with one attached hydrogen (secondary N) is 1. The normalized spacial score (nSPS) is 10.0. The van der Waals surface area contributed by atoms with E-state index >= 15 is 0 Å². The van der Waals surface area contributed by atoms with Gasteiger partial charge in [0.1, 0.15) is 11.8 Å². The third-order valence-corrected chi connectivity index (χ3v) is 3.55. The zero-order valence-electron chi connectivity index (χ0n) is 12.4. The molecule has 4 heteroatoms. The first-order valence-corrected chi connectivity index (χ1v) is 7.28. The molecular weight excluding hydrogens is 286 g/mol. The van der Waals surface area contributed by atoms with E-state index in [-0.39, 0.29) is 5.91 Å². The summed E-state index contributed by atoms with van der Waals surface area (Å²) in [4.78, 5) is 12.6. The van der Waals surface area contributed by atoms with Crippen molar-refractivity contribution in [2.75, 3.05) is 0 Å². The second-order valence-corrected chi connectivity index (χ2v) is 5.06. The van der Waals surface area contributed by atoms with Crippen molar-refractivity contribution in [3.8, 4) is 11.8 Å². The lowest BCUT2D eigenvalue weighted by atomic mass is 10.2. The minimum Gasteiger partial charge on any atom is -0.347 e. The van der Waals surface area contributed by atoms with Crippen LogP contribution in [0.5, 0.6) is 0 Å². The van der Waals surface area contributed by atoms with Gasteiger partial charge in [0, 0.05) is 18.4 Å².